The summed E-state index contributed by atoms with van der Waals surface area (Å²) in [7, 11) is -4.14. The summed E-state index contributed by atoms with van der Waals surface area (Å²) < 4.78 is 69.6. The summed E-state index contributed by atoms with van der Waals surface area (Å²) in [6.45, 7) is 6.95. The summed E-state index contributed by atoms with van der Waals surface area (Å²) in [5.41, 5.74) is -0.556. The van der Waals surface area contributed by atoms with E-state index in [0.29, 0.717) is 0 Å². The Bertz CT molecular complexity index is 864. The van der Waals surface area contributed by atoms with Crippen molar-refractivity contribution in [2.45, 2.75) is 44.9 Å². The Kier molecular flexibility index (Phi) is 5.54. The first-order chi connectivity index (χ1) is 11.8. The molecule has 1 atom stereocenters. The standard InChI is InChI=1S/C19H21F3O3S/c1-13-8-10-16(11-9-13)26(23,24)25-17(18(2,3)4)14-6-5-7-15(12-14)19(20,21)22/h5-12,17H,1-4H3. The summed E-state index contributed by atoms with van der Waals surface area (Å²) in [4.78, 5) is -0.0377. The quantitative estimate of drug-likeness (QED) is 0.651. The van der Waals surface area contributed by atoms with Crippen LogP contribution in [0.2, 0.25) is 0 Å². The van der Waals surface area contributed by atoms with Gasteiger partial charge in [-0.25, -0.2) is 0 Å². The smallest absolute Gasteiger partial charge is 0.258 e. The maximum absolute atomic E-state index is 13.0. The van der Waals surface area contributed by atoms with Crippen LogP contribution in [0.15, 0.2) is 53.4 Å². The minimum absolute atomic E-state index is 0.0377. The van der Waals surface area contributed by atoms with Crippen molar-refractivity contribution in [1.29, 1.82) is 0 Å². The highest BCUT2D eigenvalue weighted by atomic mass is 32.2. The topological polar surface area (TPSA) is 43.4 Å². The van der Waals surface area contributed by atoms with Crippen LogP contribution in [0.25, 0.3) is 0 Å². The zero-order valence-corrected chi connectivity index (χ0v) is 15.8. The van der Waals surface area contributed by atoms with Crippen molar-refractivity contribution in [3.8, 4) is 0 Å². The number of alkyl halides is 3. The van der Waals surface area contributed by atoms with Gasteiger partial charge in [0.1, 0.15) is 6.10 Å². The van der Waals surface area contributed by atoms with Crippen molar-refractivity contribution in [3.63, 3.8) is 0 Å². The minimum atomic E-state index is -4.52. The minimum Gasteiger partial charge on any atom is -0.258 e. The molecule has 0 heterocycles. The summed E-state index contributed by atoms with van der Waals surface area (Å²) in [6.07, 6.45) is -5.59. The molecule has 0 fully saturated rings. The van der Waals surface area contributed by atoms with Crippen LogP contribution in [0.1, 0.15) is 43.6 Å². The van der Waals surface area contributed by atoms with Gasteiger partial charge in [0, 0.05) is 0 Å². The van der Waals surface area contributed by atoms with E-state index >= 15 is 0 Å². The van der Waals surface area contributed by atoms with Gasteiger partial charge in [0.05, 0.1) is 10.5 Å². The maximum Gasteiger partial charge on any atom is 0.416 e. The number of hydrogen-bond donors (Lipinski definition) is 0. The molecule has 0 aliphatic carbocycles. The molecule has 0 N–H and O–H groups in total. The van der Waals surface area contributed by atoms with Crippen LogP contribution in [0.3, 0.4) is 0 Å². The largest absolute Gasteiger partial charge is 0.416 e. The van der Waals surface area contributed by atoms with Gasteiger partial charge in [-0.05, 0) is 42.2 Å². The molecule has 0 radical (unpaired) electrons. The van der Waals surface area contributed by atoms with Crippen molar-refractivity contribution in [2.75, 3.05) is 0 Å². The first-order valence-corrected chi connectivity index (χ1v) is 9.39. The molecule has 0 amide bonds. The Morgan fingerprint density at radius 1 is 0.962 bits per heavy atom. The van der Waals surface area contributed by atoms with Crippen molar-refractivity contribution < 1.29 is 25.8 Å². The van der Waals surface area contributed by atoms with E-state index in [1.807, 2.05) is 6.92 Å². The Balaban J connectivity index is 2.45. The highest BCUT2D eigenvalue weighted by Crippen LogP contribution is 2.40. The van der Waals surface area contributed by atoms with Crippen molar-refractivity contribution in [3.05, 3.63) is 65.2 Å². The van der Waals surface area contributed by atoms with Gasteiger partial charge in [-0.1, -0.05) is 50.6 Å². The van der Waals surface area contributed by atoms with Gasteiger partial charge in [0.25, 0.3) is 10.1 Å². The van der Waals surface area contributed by atoms with Gasteiger partial charge in [-0.2, -0.15) is 21.6 Å². The van der Waals surface area contributed by atoms with Gasteiger partial charge in [0.2, 0.25) is 0 Å². The summed E-state index contributed by atoms with van der Waals surface area (Å²) >= 11 is 0. The van der Waals surface area contributed by atoms with E-state index in [4.69, 9.17) is 4.18 Å². The normalized spacial score (nSPS) is 14.3. The summed E-state index contributed by atoms with van der Waals surface area (Å²) in [6, 6.07) is 10.7. The van der Waals surface area contributed by atoms with E-state index in [0.717, 1.165) is 17.7 Å². The van der Waals surface area contributed by atoms with Crippen molar-refractivity contribution >= 4 is 10.1 Å². The number of halogens is 3. The maximum atomic E-state index is 13.0. The predicted octanol–water partition coefficient (Wildman–Crippen LogP) is 5.51. The molecule has 2 rings (SSSR count). The molecule has 0 saturated carbocycles. The molecule has 7 heteroatoms. The van der Waals surface area contributed by atoms with Gasteiger partial charge < -0.3 is 0 Å². The summed E-state index contributed by atoms with van der Waals surface area (Å²) in [5.74, 6) is 0. The molecular weight excluding hydrogens is 365 g/mol. The van der Waals surface area contributed by atoms with Gasteiger partial charge >= 0.3 is 6.18 Å². The lowest BCUT2D eigenvalue weighted by Crippen LogP contribution is -2.25. The van der Waals surface area contributed by atoms with Crippen molar-refractivity contribution in [1.82, 2.24) is 0 Å². The second-order valence-corrected chi connectivity index (χ2v) is 8.80. The van der Waals surface area contributed by atoms with E-state index in [1.54, 1.807) is 32.9 Å². The number of aryl methyl sites for hydroxylation is 1. The lowest BCUT2D eigenvalue weighted by Gasteiger charge is -2.30. The van der Waals surface area contributed by atoms with Crippen LogP contribution in [0.5, 0.6) is 0 Å². The SMILES string of the molecule is Cc1ccc(S(=O)(=O)OC(c2cccc(C(F)(F)F)c2)C(C)(C)C)cc1. The molecule has 0 aliphatic heterocycles. The molecule has 0 aromatic heterocycles. The van der Waals surface area contributed by atoms with Crippen LogP contribution in [-0.2, 0) is 20.5 Å². The third-order valence-corrected chi connectivity index (χ3v) is 5.13. The number of benzene rings is 2. The molecule has 0 spiro atoms. The van der Waals surface area contributed by atoms with Crippen LogP contribution < -0.4 is 0 Å². The predicted molar refractivity (Wildman–Crippen MR) is 93.1 cm³/mol. The molecule has 3 nitrogen and oxygen atoms in total. The average Bonchev–Trinajstić information content (AvgIpc) is 2.51. The highest BCUT2D eigenvalue weighted by Gasteiger charge is 2.36. The first kappa shape index (κ1) is 20.5. The Morgan fingerprint density at radius 3 is 2.04 bits per heavy atom. The molecule has 0 saturated heterocycles. The van der Waals surface area contributed by atoms with E-state index in [2.05, 4.69) is 0 Å². The van der Waals surface area contributed by atoms with Gasteiger partial charge in [0.15, 0.2) is 0 Å². The zero-order valence-electron chi connectivity index (χ0n) is 15.0. The third kappa shape index (κ3) is 4.86. The third-order valence-electron chi connectivity index (χ3n) is 3.84. The molecule has 0 bridgehead atoms. The van der Waals surface area contributed by atoms with Gasteiger partial charge in [-0.3, -0.25) is 4.18 Å². The fourth-order valence-electron chi connectivity index (χ4n) is 2.47. The lowest BCUT2D eigenvalue weighted by molar-refractivity contribution is -0.137. The van der Waals surface area contributed by atoms with Crippen LogP contribution in [-0.4, -0.2) is 8.42 Å². The van der Waals surface area contributed by atoms with E-state index in [9.17, 15) is 21.6 Å². The van der Waals surface area contributed by atoms with Gasteiger partial charge in [-0.15, -0.1) is 0 Å². The molecule has 26 heavy (non-hydrogen) atoms. The number of rotatable bonds is 4. The molecule has 142 valence electrons. The second-order valence-electron chi connectivity index (χ2n) is 7.23. The van der Waals surface area contributed by atoms with Crippen LogP contribution in [0.4, 0.5) is 13.2 Å². The van der Waals surface area contributed by atoms with E-state index in [1.165, 1.54) is 24.3 Å². The molecule has 2 aromatic rings. The second kappa shape index (κ2) is 7.04. The average molecular weight is 386 g/mol. The Labute approximate surface area is 151 Å². The first-order valence-electron chi connectivity index (χ1n) is 7.98. The fraction of sp³-hybridized carbons (Fsp3) is 0.368. The fourth-order valence-corrected chi connectivity index (χ4v) is 3.70. The number of hydrogen-bond acceptors (Lipinski definition) is 3. The van der Waals surface area contributed by atoms with E-state index < -0.39 is 33.4 Å². The van der Waals surface area contributed by atoms with E-state index in [-0.39, 0.29) is 10.5 Å². The molecule has 1 unspecified atom stereocenters. The molecular formula is C19H21F3O3S. The summed E-state index contributed by atoms with van der Waals surface area (Å²) in [5, 5.41) is 0. The highest BCUT2D eigenvalue weighted by molar-refractivity contribution is 7.86. The van der Waals surface area contributed by atoms with Crippen LogP contribution >= 0.6 is 0 Å². The monoisotopic (exact) mass is 386 g/mol. The Hall–Kier alpha value is -1.86. The molecule has 0 aliphatic rings. The Morgan fingerprint density at radius 2 is 1.54 bits per heavy atom. The zero-order chi connectivity index (χ0) is 19.8. The lowest BCUT2D eigenvalue weighted by atomic mass is 9.84. The van der Waals surface area contributed by atoms with Crippen LogP contribution in [0, 0.1) is 12.3 Å². The van der Waals surface area contributed by atoms with Crippen molar-refractivity contribution in [2.24, 2.45) is 5.41 Å². The molecule has 2 aromatic carbocycles.